The lowest BCUT2D eigenvalue weighted by Gasteiger charge is -2.03. The molecule has 60 valence electrons. The van der Waals surface area contributed by atoms with E-state index in [1.807, 2.05) is 13.0 Å². The van der Waals surface area contributed by atoms with Gasteiger partial charge in [0.05, 0.1) is 6.10 Å². The van der Waals surface area contributed by atoms with Crippen molar-refractivity contribution in [3.05, 3.63) is 9.66 Å². The maximum atomic E-state index is 9.27. The molecule has 0 heterocycles. The summed E-state index contributed by atoms with van der Waals surface area (Å²) in [4.78, 5) is 0. The van der Waals surface area contributed by atoms with Crippen LogP contribution < -0.4 is 0 Å². The Bertz CT molecular complexity index is 106. The third-order valence-corrected chi connectivity index (χ3v) is 1.64. The van der Waals surface area contributed by atoms with E-state index in [1.54, 1.807) is 0 Å². The van der Waals surface area contributed by atoms with Crippen molar-refractivity contribution >= 4 is 22.6 Å². The summed E-state index contributed by atoms with van der Waals surface area (Å²) in [5, 5.41) is 9.27. The van der Waals surface area contributed by atoms with Crippen molar-refractivity contribution in [2.45, 2.75) is 39.2 Å². The molecule has 2 heteroatoms. The lowest BCUT2D eigenvalue weighted by atomic mass is 10.1. The van der Waals surface area contributed by atoms with E-state index in [-0.39, 0.29) is 6.10 Å². The minimum Gasteiger partial charge on any atom is -0.389 e. The van der Waals surface area contributed by atoms with Crippen LogP contribution in [-0.4, -0.2) is 11.2 Å². The van der Waals surface area contributed by atoms with Crippen LogP contribution in [0.15, 0.2) is 9.66 Å². The van der Waals surface area contributed by atoms with Crippen LogP contribution in [0.3, 0.4) is 0 Å². The summed E-state index contributed by atoms with van der Waals surface area (Å²) < 4.78 is 1.17. The highest BCUT2D eigenvalue weighted by molar-refractivity contribution is 14.1. The number of aliphatic hydroxyl groups excluding tert-OH is 1. The molecule has 0 radical (unpaired) electrons. The summed E-state index contributed by atoms with van der Waals surface area (Å²) in [5.41, 5.74) is 0. The molecule has 10 heavy (non-hydrogen) atoms. The van der Waals surface area contributed by atoms with Gasteiger partial charge in [0, 0.05) is 0 Å². The number of hydrogen-bond donors (Lipinski definition) is 1. The molecule has 0 bridgehead atoms. The second-order valence-electron chi connectivity index (χ2n) is 2.46. The zero-order valence-electron chi connectivity index (χ0n) is 6.60. The molecular formula is C8H15IO. The molecule has 0 saturated carbocycles. The topological polar surface area (TPSA) is 20.2 Å². The standard InChI is InChI=1S/C8H15IO/c1-3-4-5-8(10)6-7(2)9/h6,8,10H,3-5H2,1-2H3/b7-6-. The first-order valence-electron chi connectivity index (χ1n) is 3.68. The summed E-state index contributed by atoms with van der Waals surface area (Å²) in [6.45, 7) is 4.13. The Morgan fingerprint density at radius 3 is 2.70 bits per heavy atom. The maximum Gasteiger partial charge on any atom is 0.0730 e. The van der Waals surface area contributed by atoms with E-state index < -0.39 is 0 Å². The van der Waals surface area contributed by atoms with Gasteiger partial charge in [-0.1, -0.05) is 19.8 Å². The van der Waals surface area contributed by atoms with E-state index in [1.165, 1.54) is 3.58 Å². The van der Waals surface area contributed by atoms with Crippen LogP contribution in [0, 0.1) is 0 Å². The van der Waals surface area contributed by atoms with E-state index in [9.17, 15) is 5.11 Å². The number of halogens is 1. The first-order valence-corrected chi connectivity index (χ1v) is 4.76. The summed E-state index contributed by atoms with van der Waals surface area (Å²) in [6, 6.07) is 0. The Morgan fingerprint density at radius 2 is 2.30 bits per heavy atom. The van der Waals surface area contributed by atoms with Gasteiger partial charge in [-0.25, -0.2) is 0 Å². The first kappa shape index (κ1) is 10.4. The van der Waals surface area contributed by atoms with E-state index in [2.05, 4.69) is 29.5 Å². The number of allylic oxidation sites excluding steroid dienone is 1. The van der Waals surface area contributed by atoms with Crippen LogP contribution in [0.25, 0.3) is 0 Å². The van der Waals surface area contributed by atoms with Gasteiger partial charge in [0.2, 0.25) is 0 Å². The van der Waals surface area contributed by atoms with Crippen LogP contribution in [-0.2, 0) is 0 Å². The first-order chi connectivity index (χ1) is 4.66. The van der Waals surface area contributed by atoms with E-state index in [4.69, 9.17) is 0 Å². The number of rotatable bonds is 4. The average Bonchev–Trinajstić information content (AvgIpc) is 1.82. The molecule has 0 amide bonds. The van der Waals surface area contributed by atoms with Crippen molar-refractivity contribution in [3.63, 3.8) is 0 Å². The highest BCUT2D eigenvalue weighted by atomic mass is 127. The van der Waals surface area contributed by atoms with Crippen LogP contribution in [0.1, 0.15) is 33.1 Å². The molecule has 0 aromatic heterocycles. The molecule has 1 nitrogen and oxygen atoms in total. The van der Waals surface area contributed by atoms with Crippen LogP contribution in [0.4, 0.5) is 0 Å². The Morgan fingerprint density at radius 1 is 1.70 bits per heavy atom. The van der Waals surface area contributed by atoms with Crippen molar-refractivity contribution in [2.75, 3.05) is 0 Å². The van der Waals surface area contributed by atoms with E-state index in [0.717, 1.165) is 19.3 Å². The number of aliphatic hydroxyl groups is 1. The molecule has 0 spiro atoms. The molecule has 1 N–H and O–H groups in total. The summed E-state index contributed by atoms with van der Waals surface area (Å²) in [5.74, 6) is 0. The highest BCUT2D eigenvalue weighted by Gasteiger charge is 1.97. The minimum absolute atomic E-state index is 0.225. The molecular weight excluding hydrogens is 239 g/mol. The molecule has 1 unspecified atom stereocenters. The number of hydrogen-bond acceptors (Lipinski definition) is 1. The van der Waals surface area contributed by atoms with Crippen molar-refractivity contribution < 1.29 is 5.11 Å². The third kappa shape index (κ3) is 6.55. The molecule has 0 aliphatic carbocycles. The van der Waals surface area contributed by atoms with Crippen LogP contribution >= 0.6 is 22.6 Å². The highest BCUT2D eigenvalue weighted by Crippen LogP contribution is 2.08. The molecule has 0 aromatic carbocycles. The van der Waals surface area contributed by atoms with Crippen LogP contribution in [0.2, 0.25) is 0 Å². The summed E-state index contributed by atoms with van der Waals surface area (Å²) in [6.07, 6.45) is 4.84. The van der Waals surface area contributed by atoms with E-state index >= 15 is 0 Å². The van der Waals surface area contributed by atoms with Crippen molar-refractivity contribution in [1.82, 2.24) is 0 Å². The zero-order valence-corrected chi connectivity index (χ0v) is 8.76. The Labute approximate surface area is 76.7 Å². The average molecular weight is 254 g/mol. The predicted molar refractivity (Wildman–Crippen MR) is 53.3 cm³/mol. The van der Waals surface area contributed by atoms with E-state index in [0.29, 0.717) is 0 Å². The predicted octanol–water partition coefficient (Wildman–Crippen LogP) is 2.88. The fourth-order valence-corrected chi connectivity index (χ4v) is 1.18. The maximum absolute atomic E-state index is 9.27. The largest absolute Gasteiger partial charge is 0.389 e. The Balaban J connectivity index is 3.43. The molecule has 0 aromatic rings. The molecule has 1 atom stereocenters. The second-order valence-corrected chi connectivity index (χ2v) is 4.16. The van der Waals surface area contributed by atoms with Gasteiger partial charge in [0.15, 0.2) is 0 Å². The van der Waals surface area contributed by atoms with Gasteiger partial charge >= 0.3 is 0 Å². The monoisotopic (exact) mass is 254 g/mol. The van der Waals surface area contributed by atoms with Gasteiger partial charge in [-0.05, 0) is 45.6 Å². The van der Waals surface area contributed by atoms with Crippen LogP contribution in [0.5, 0.6) is 0 Å². The summed E-state index contributed by atoms with van der Waals surface area (Å²) >= 11 is 2.21. The quantitative estimate of drug-likeness (QED) is 0.765. The Hall–Kier alpha value is 0.430. The third-order valence-electron chi connectivity index (χ3n) is 1.28. The van der Waals surface area contributed by atoms with Gasteiger partial charge in [0.1, 0.15) is 0 Å². The van der Waals surface area contributed by atoms with Crippen molar-refractivity contribution in [1.29, 1.82) is 0 Å². The number of unbranched alkanes of at least 4 members (excludes halogenated alkanes) is 1. The van der Waals surface area contributed by atoms with Gasteiger partial charge < -0.3 is 5.11 Å². The fraction of sp³-hybridized carbons (Fsp3) is 0.750. The SMILES string of the molecule is CCCCC(O)/C=C(/C)I. The zero-order chi connectivity index (χ0) is 7.98. The lowest BCUT2D eigenvalue weighted by Crippen LogP contribution is -2.01. The van der Waals surface area contributed by atoms with Gasteiger partial charge in [-0.3, -0.25) is 0 Å². The van der Waals surface area contributed by atoms with Crippen molar-refractivity contribution in [3.8, 4) is 0 Å². The molecule has 0 fully saturated rings. The molecule has 0 aliphatic heterocycles. The summed E-state index contributed by atoms with van der Waals surface area (Å²) in [7, 11) is 0. The lowest BCUT2D eigenvalue weighted by molar-refractivity contribution is 0.209. The van der Waals surface area contributed by atoms with Crippen molar-refractivity contribution in [2.24, 2.45) is 0 Å². The smallest absolute Gasteiger partial charge is 0.0730 e. The molecule has 0 saturated heterocycles. The molecule has 0 rings (SSSR count). The van der Waals surface area contributed by atoms with Gasteiger partial charge in [0.25, 0.3) is 0 Å². The second kappa shape index (κ2) is 6.16. The fourth-order valence-electron chi connectivity index (χ4n) is 0.762. The minimum atomic E-state index is -0.225. The van der Waals surface area contributed by atoms with Gasteiger partial charge in [-0.15, -0.1) is 0 Å². The Kier molecular flexibility index (Phi) is 6.43. The molecule has 0 aliphatic rings. The van der Waals surface area contributed by atoms with Gasteiger partial charge in [-0.2, -0.15) is 0 Å². The normalized spacial score (nSPS) is 15.4.